The van der Waals surface area contributed by atoms with E-state index in [9.17, 15) is 19.5 Å². The van der Waals surface area contributed by atoms with E-state index in [2.05, 4.69) is 15.1 Å². The van der Waals surface area contributed by atoms with Crippen molar-refractivity contribution in [3.63, 3.8) is 0 Å². The first kappa shape index (κ1) is 21.8. The molecule has 166 valence electrons. The van der Waals surface area contributed by atoms with Crippen LogP contribution in [0.1, 0.15) is 42.1 Å². The first-order valence-corrected chi connectivity index (χ1v) is 10.5. The largest absolute Gasteiger partial charge is 0.392 e. The van der Waals surface area contributed by atoms with Crippen LogP contribution in [0.4, 0.5) is 0 Å². The predicted octanol–water partition coefficient (Wildman–Crippen LogP) is 1.93. The second-order valence-corrected chi connectivity index (χ2v) is 8.36. The van der Waals surface area contributed by atoms with E-state index in [-0.39, 0.29) is 36.5 Å². The minimum Gasteiger partial charge on any atom is -0.392 e. The number of hydrogen-bond donors (Lipinski definition) is 1. The van der Waals surface area contributed by atoms with Crippen LogP contribution in [0.25, 0.3) is 22.0 Å². The summed E-state index contributed by atoms with van der Waals surface area (Å²) in [6.45, 7) is 5.29. The third-order valence-electron chi connectivity index (χ3n) is 5.86. The van der Waals surface area contributed by atoms with E-state index in [1.54, 1.807) is 36.4 Å². The standard InChI is InChI=1S/C23H25N5O4/c1-13-4-19(12-30)27(9-13)21(32)10-28-23-17(11-29)5-16(18-7-24-15(3)25-8-18)6-20(23)22(26-28)14(2)31/h5-8,12-13,19,29H,4,9-11H2,1-3H3. The molecule has 0 aliphatic carbocycles. The highest BCUT2D eigenvalue weighted by Gasteiger charge is 2.33. The molecule has 1 amide bonds. The fraction of sp³-hybridized carbons (Fsp3) is 0.391. The lowest BCUT2D eigenvalue weighted by atomic mass is 10.0. The molecule has 1 fully saturated rings. The summed E-state index contributed by atoms with van der Waals surface area (Å²) in [5.74, 6) is 0.384. The lowest BCUT2D eigenvalue weighted by Crippen LogP contribution is -2.39. The molecule has 0 saturated carbocycles. The molecule has 0 bridgehead atoms. The Balaban J connectivity index is 1.80. The van der Waals surface area contributed by atoms with Gasteiger partial charge in [-0.1, -0.05) is 6.92 Å². The molecule has 3 aromatic rings. The van der Waals surface area contributed by atoms with E-state index < -0.39 is 6.04 Å². The molecule has 1 aliphatic rings. The zero-order valence-corrected chi connectivity index (χ0v) is 18.3. The number of amides is 1. The maximum Gasteiger partial charge on any atom is 0.244 e. The molecule has 1 saturated heterocycles. The lowest BCUT2D eigenvalue weighted by Gasteiger charge is -2.21. The number of carbonyl (C=O) groups excluding carboxylic acids is 3. The summed E-state index contributed by atoms with van der Waals surface area (Å²) >= 11 is 0. The molecule has 9 heteroatoms. The normalized spacial score (nSPS) is 18.3. The molecule has 2 unspecified atom stereocenters. The van der Waals surface area contributed by atoms with Crippen LogP contribution in [-0.2, 0) is 22.7 Å². The Bertz CT molecular complexity index is 1200. The molecule has 0 radical (unpaired) electrons. The molecule has 4 rings (SSSR count). The number of fused-ring (bicyclic) bond motifs is 1. The van der Waals surface area contributed by atoms with Crippen LogP contribution in [0.15, 0.2) is 24.5 Å². The summed E-state index contributed by atoms with van der Waals surface area (Å²) in [5.41, 5.74) is 2.76. The molecule has 1 N–H and O–H groups in total. The highest BCUT2D eigenvalue weighted by atomic mass is 16.3. The van der Waals surface area contributed by atoms with Gasteiger partial charge in [0.25, 0.3) is 0 Å². The van der Waals surface area contributed by atoms with E-state index in [4.69, 9.17) is 0 Å². The second kappa shape index (κ2) is 8.58. The number of carbonyl (C=O) groups is 3. The van der Waals surface area contributed by atoms with Crippen LogP contribution < -0.4 is 0 Å². The first-order chi connectivity index (χ1) is 15.3. The third kappa shape index (κ3) is 3.91. The SMILES string of the molecule is CC(=O)c1nn(CC(=O)N2CC(C)CC2C=O)c2c(CO)cc(-c3cnc(C)nc3)cc12. The number of aromatic nitrogens is 4. The van der Waals surface area contributed by atoms with E-state index in [0.717, 1.165) is 17.4 Å². The van der Waals surface area contributed by atoms with Gasteiger partial charge in [0.2, 0.25) is 5.91 Å². The average molecular weight is 435 g/mol. The van der Waals surface area contributed by atoms with Crippen molar-refractivity contribution in [2.75, 3.05) is 6.54 Å². The van der Waals surface area contributed by atoms with Crippen LogP contribution >= 0.6 is 0 Å². The summed E-state index contributed by atoms with van der Waals surface area (Å²) in [7, 11) is 0. The van der Waals surface area contributed by atoms with E-state index in [1.165, 1.54) is 11.6 Å². The number of aliphatic hydroxyl groups excluding tert-OH is 1. The summed E-state index contributed by atoms with van der Waals surface area (Å²) in [4.78, 5) is 46.8. The van der Waals surface area contributed by atoms with Crippen molar-refractivity contribution in [1.29, 1.82) is 0 Å². The molecule has 1 aliphatic heterocycles. The number of ketones is 1. The minimum absolute atomic E-state index is 0.124. The topological polar surface area (TPSA) is 118 Å². The molecule has 3 heterocycles. The van der Waals surface area contributed by atoms with Gasteiger partial charge in [0.15, 0.2) is 5.78 Å². The lowest BCUT2D eigenvalue weighted by molar-refractivity contribution is -0.135. The Morgan fingerprint density at radius 3 is 2.56 bits per heavy atom. The van der Waals surface area contributed by atoms with Gasteiger partial charge in [-0.05, 0) is 37.0 Å². The number of benzene rings is 1. The van der Waals surface area contributed by atoms with Crippen molar-refractivity contribution < 1.29 is 19.5 Å². The molecule has 9 nitrogen and oxygen atoms in total. The number of nitrogens with zero attached hydrogens (tertiary/aromatic N) is 5. The molecule has 2 atom stereocenters. The fourth-order valence-electron chi connectivity index (χ4n) is 4.33. The zero-order valence-electron chi connectivity index (χ0n) is 18.3. The van der Waals surface area contributed by atoms with Crippen molar-refractivity contribution in [3.05, 3.63) is 41.6 Å². The Morgan fingerprint density at radius 2 is 1.94 bits per heavy atom. The van der Waals surface area contributed by atoms with Crippen molar-refractivity contribution >= 4 is 28.9 Å². The summed E-state index contributed by atoms with van der Waals surface area (Å²) in [6.07, 6.45) is 4.80. The Morgan fingerprint density at radius 1 is 1.22 bits per heavy atom. The fourth-order valence-corrected chi connectivity index (χ4v) is 4.33. The third-order valence-corrected chi connectivity index (χ3v) is 5.86. The number of aldehydes is 1. The van der Waals surface area contributed by atoms with Gasteiger partial charge in [-0.25, -0.2) is 9.97 Å². The molecule has 32 heavy (non-hydrogen) atoms. The summed E-state index contributed by atoms with van der Waals surface area (Å²) < 4.78 is 1.46. The smallest absolute Gasteiger partial charge is 0.244 e. The Labute approximate surface area is 185 Å². The van der Waals surface area contributed by atoms with Crippen LogP contribution in [-0.4, -0.2) is 60.3 Å². The van der Waals surface area contributed by atoms with Gasteiger partial charge in [0, 0.05) is 42.4 Å². The highest BCUT2D eigenvalue weighted by molar-refractivity contribution is 6.07. The highest BCUT2D eigenvalue weighted by Crippen LogP contribution is 2.31. The second-order valence-electron chi connectivity index (χ2n) is 8.36. The molecular weight excluding hydrogens is 410 g/mol. The van der Waals surface area contributed by atoms with Crippen LogP contribution in [0.5, 0.6) is 0 Å². The molecule has 1 aromatic carbocycles. The summed E-state index contributed by atoms with van der Waals surface area (Å²) in [5, 5.41) is 15.1. The first-order valence-electron chi connectivity index (χ1n) is 10.5. The predicted molar refractivity (Wildman–Crippen MR) is 117 cm³/mol. The number of hydrogen-bond acceptors (Lipinski definition) is 7. The van der Waals surface area contributed by atoms with Crippen LogP contribution in [0.2, 0.25) is 0 Å². The van der Waals surface area contributed by atoms with Crippen molar-refractivity contribution in [3.8, 4) is 11.1 Å². The number of aryl methyl sites for hydroxylation is 1. The van der Waals surface area contributed by atoms with Gasteiger partial charge in [0.1, 0.15) is 24.3 Å². The Hall–Kier alpha value is -3.46. The van der Waals surface area contributed by atoms with Gasteiger partial charge in [-0.3, -0.25) is 14.3 Å². The maximum absolute atomic E-state index is 13.0. The average Bonchev–Trinajstić information content (AvgIpc) is 3.34. The number of rotatable bonds is 6. The van der Waals surface area contributed by atoms with Crippen molar-refractivity contribution in [2.45, 2.75) is 46.4 Å². The number of likely N-dealkylation sites (tertiary alicyclic amines) is 1. The minimum atomic E-state index is -0.447. The number of aliphatic hydroxyl groups is 1. The molecule has 2 aromatic heterocycles. The number of Topliss-reactive ketones (excluding diaryl/α,β-unsaturated/α-hetero) is 1. The van der Waals surface area contributed by atoms with Crippen molar-refractivity contribution in [1.82, 2.24) is 24.6 Å². The van der Waals surface area contributed by atoms with Gasteiger partial charge >= 0.3 is 0 Å². The van der Waals surface area contributed by atoms with Gasteiger partial charge in [-0.15, -0.1) is 0 Å². The van der Waals surface area contributed by atoms with Crippen LogP contribution in [0.3, 0.4) is 0 Å². The van der Waals surface area contributed by atoms with Gasteiger partial charge in [-0.2, -0.15) is 5.10 Å². The van der Waals surface area contributed by atoms with Gasteiger partial charge < -0.3 is 14.8 Å². The van der Waals surface area contributed by atoms with E-state index >= 15 is 0 Å². The summed E-state index contributed by atoms with van der Waals surface area (Å²) in [6, 6.07) is 3.14. The maximum atomic E-state index is 13.0. The van der Waals surface area contributed by atoms with Crippen molar-refractivity contribution in [2.24, 2.45) is 5.92 Å². The quantitative estimate of drug-likeness (QED) is 0.464. The van der Waals surface area contributed by atoms with Gasteiger partial charge in [0.05, 0.1) is 18.2 Å². The zero-order chi connectivity index (χ0) is 23.0. The Kier molecular flexibility index (Phi) is 5.84. The monoisotopic (exact) mass is 435 g/mol. The molecular formula is C23H25N5O4. The molecule has 0 spiro atoms. The van der Waals surface area contributed by atoms with E-state index in [1.807, 2.05) is 6.92 Å². The van der Waals surface area contributed by atoms with E-state index in [0.29, 0.717) is 35.3 Å². The van der Waals surface area contributed by atoms with Crippen LogP contribution in [0, 0.1) is 12.8 Å².